The molecule has 0 radical (unpaired) electrons. The van der Waals surface area contributed by atoms with E-state index in [0.29, 0.717) is 36.6 Å². The molecule has 0 aromatic heterocycles. The molecule has 1 fully saturated rings. The Kier molecular flexibility index (Phi) is 5.81. The van der Waals surface area contributed by atoms with Gasteiger partial charge in [-0.1, -0.05) is 30.3 Å². The maximum Gasteiger partial charge on any atom is 0.409 e. The number of hydrogen-bond donors (Lipinski definition) is 3. The first-order chi connectivity index (χ1) is 14.8. The van der Waals surface area contributed by atoms with Crippen LogP contribution in [0.4, 0.5) is 15.8 Å². The van der Waals surface area contributed by atoms with Crippen LogP contribution in [-0.2, 0) is 10.3 Å². The molecule has 31 heavy (non-hydrogen) atoms. The number of nitrogens with one attached hydrogen (secondary N) is 1. The van der Waals surface area contributed by atoms with Crippen molar-refractivity contribution < 1.29 is 14.2 Å². The molecule has 0 aliphatic carbocycles. The Morgan fingerprint density at radius 1 is 1.35 bits per heavy atom. The maximum absolute atomic E-state index is 14.7. The topological polar surface area (TPSA) is 81.8 Å². The van der Waals surface area contributed by atoms with E-state index in [1.807, 2.05) is 32.0 Å². The molecule has 1 unspecified atom stereocenters. The van der Waals surface area contributed by atoms with Crippen LogP contribution in [0, 0.1) is 5.82 Å². The first-order valence-corrected chi connectivity index (χ1v) is 10.9. The molecule has 2 aliphatic heterocycles. The molecular weight excluding hydrogens is 394 g/mol. The van der Waals surface area contributed by atoms with Crippen LogP contribution in [0.15, 0.2) is 42.5 Å². The fourth-order valence-electron chi connectivity index (χ4n) is 5.14. The lowest BCUT2D eigenvalue weighted by atomic mass is 9.81. The summed E-state index contributed by atoms with van der Waals surface area (Å²) in [7, 11) is -0.810. The Labute approximate surface area is 183 Å². The van der Waals surface area contributed by atoms with Gasteiger partial charge in [-0.05, 0) is 44.8 Å². The van der Waals surface area contributed by atoms with Gasteiger partial charge in [-0.3, -0.25) is 9.69 Å². The molecule has 2 aromatic carbocycles. The third-order valence-electron chi connectivity index (χ3n) is 6.91. The standard InChI is InChI=1S/C23H30BFN4O2/c1-4-29(24(3)31)20-13-16(25)12-18-21(20)27-22(30)23(18,2)28-11-10-17(19(26)14-28)15-8-6-5-7-9-15/h5-9,12-13,17,19,31H,4,10-11,14,26H2,1-3H3,(H,27,30)/t17-,19+,23?/m1/s1. The van der Waals surface area contributed by atoms with Crippen molar-refractivity contribution in [3.8, 4) is 0 Å². The Morgan fingerprint density at radius 3 is 2.68 bits per heavy atom. The molecular formula is C23H30BFN4O2. The minimum atomic E-state index is -1.02. The van der Waals surface area contributed by atoms with Crippen LogP contribution in [0.25, 0.3) is 0 Å². The Bertz CT molecular complexity index is 974. The third-order valence-corrected chi connectivity index (χ3v) is 6.91. The summed E-state index contributed by atoms with van der Waals surface area (Å²) in [6.45, 7) is 7.04. The summed E-state index contributed by atoms with van der Waals surface area (Å²) in [5.41, 5.74) is 8.41. The van der Waals surface area contributed by atoms with E-state index in [0.717, 1.165) is 6.42 Å². The molecule has 1 amide bonds. The molecule has 0 spiro atoms. The average Bonchev–Trinajstić information content (AvgIpc) is 3.00. The molecule has 1 saturated heterocycles. The van der Waals surface area contributed by atoms with Gasteiger partial charge in [0.2, 0.25) is 5.91 Å². The summed E-state index contributed by atoms with van der Waals surface area (Å²) < 4.78 is 14.7. The zero-order chi connectivity index (χ0) is 22.3. The number of rotatable bonds is 5. The van der Waals surface area contributed by atoms with Gasteiger partial charge in [-0.2, -0.15) is 0 Å². The lowest BCUT2D eigenvalue weighted by molar-refractivity contribution is -0.127. The molecule has 2 aromatic rings. The SMILES string of the molecule is CCN(B(C)O)c1cc(F)cc2c1NC(=O)C2(C)N1CC[C@H](c2ccccc2)[C@@H](N)C1. The number of nitrogens with zero attached hydrogens (tertiary/aromatic N) is 2. The normalized spacial score (nSPS) is 25.8. The quantitative estimate of drug-likeness (QED) is 0.644. The van der Waals surface area contributed by atoms with Crippen molar-refractivity contribution in [1.82, 2.24) is 4.90 Å². The Hall–Kier alpha value is -2.42. The van der Waals surface area contributed by atoms with Gasteiger partial charge in [0.1, 0.15) is 11.4 Å². The minimum Gasteiger partial charge on any atom is -0.432 e. The second kappa shape index (κ2) is 8.26. The zero-order valence-electron chi connectivity index (χ0n) is 18.3. The number of fused-ring (bicyclic) bond motifs is 1. The molecule has 2 aliphatic rings. The molecule has 6 nitrogen and oxygen atoms in total. The van der Waals surface area contributed by atoms with Crippen molar-refractivity contribution in [2.75, 3.05) is 29.8 Å². The van der Waals surface area contributed by atoms with Crippen LogP contribution >= 0.6 is 0 Å². The van der Waals surface area contributed by atoms with Crippen molar-refractivity contribution in [2.45, 2.75) is 44.6 Å². The summed E-state index contributed by atoms with van der Waals surface area (Å²) in [6, 6.07) is 12.9. The van der Waals surface area contributed by atoms with E-state index in [1.54, 1.807) is 11.6 Å². The second-order valence-corrected chi connectivity index (χ2v) is 8.71. The first kappa shape index (κ1) is 21.8. The second-order valence-electron chi connectivity index (χ2n) is 8.71. The highest BCUT2D eigenvalue weighted by Crippen LogP contribution is 2.47. The molecule has 3 atom stereocenters. The molecule has 4 N–H and O–H groups in total. The molecule has 8 heteroatoms. The molecule has 4 rings (SSSR count). The zero-order valence-corrected chi connectivity index (χ0v) is 18.3. The summed E-state index contributed by atoms with van der Waals surface area (Å²) in [4.78, 5) is 17.0. The van der Waals surface area contributed by atoms with E-state index in [1.165, 1.54) is 17.7 Å². The van der Waals surface area contributed by atoms with E-state index in [2.05, 4.69) is 22.3 Å². The van der Waals surface area contributed by atoms with E-state index >= 15 is 0 Å². The van der Waals surface area contributed by atoms with Gasteiger partial charge in [0.15, 0.2) is 0 Å². The number of amides is 1. The van der Waals surface area contributed by atoms with Crippen LogP contribution in [-0.4, -0.2) is 48.6 Å². The monoisotopic (exact) mass is 424 g/mol. The lowest BCUT2D eigenvalue weighted by Gasteiger charge is -2.44. The highest BCUT2D eigenvalue weighted by molar-refractivity contribution is 6.54. The minimum absolute atomic E-state index is 0.137. The smallest absolute Gasteiger partial charge is 0.409 e. The van der Waals surface area contributed by atoms with Crippen LogP contribution in [0.5, 0.6) is 0 Å². The number of likely N-dealkylation sites (tertiary alicyclic amines) is 1. The summed E-state index contributed by atoms with van der Waals surface area (Å²) in [6.07, 6.45) is 0.820. The van der Waals surface area contributed by atoms with Gasteiger partial charge < -0.3 is 20.9 Å². The van der Waals surface area contributed by atoms with E-state index in [-0.39, 0.29) is 17.9 Å². The Balaban J connectivity index is 1.68. The fraction of sp³-hybridized carbons (Fsp3) is 0.435. The average molecular weight is 424 g/mol. The highest BCUT2D eigenvalue weighted by atomic mass is 19.1. The molecule has 164 valence electrons. The van der Waals surface area contributed by atoms with E-state index in [4.69, 9.17) is 5.73 Å². The lowest BCUT2D eigenvalue weighted by Crippen LogP contribution is -2.57. The van der Waals surface area contributed by atoms with Gasteiger partial charge >= 0.3 is 7.05 Å². The number of hydrogen-bond acceptors (Lipinski definition) is 5. The van der Waals surface area contributed by atoms with Crippen molar-refractivity contribution >= 4 is 24.3 Å². The van der Waals surface area contributed by atoms with Crippen molar-refractivity contribution in [3.63, 3.8) is 0 Å². The van der Waals surface area contributed by atoms with Gasteiger partial charge in [-0.25, -0.2) is 4.39 Å². The van der Waals surface area contributed by atoms with Crippen LogP contribution in [0.3, 0.4) is 0 Å². The number of carbonyl (C=O) groups is 1. The number of benzene rings is 2. The number of piperidine rings is 1. The van der Waals surface area contributed by atoms with Crippen molar-refractivity contribution in [1.29, 1.82) is 0 Å². The van der Waals surface area contributed by atoms with E-state index in [9.17, 15) is 14.2 Å². The molecule has 0 saturated carbocycles. The van der Waals surface area contributed by atoms with Gasteiger partial charge in [0, 0.05) is 37.2 Å². The third kappa shape index (κ3) is 3.62. The summed E-state index contributed by atoms with van der Waals surface area (Å²) in [5.74, 6) is -0.403. The number of halogens is 1. The number of carbonyl (C=O) groups excluding carboxylic acids is 1. The van der Waals surface area contributed by atoms with Crippen molar-refractivity contribution in [2.24, 2.45) is 5.73 Å². The number of anilines is 2. The van der Waals surface area contributed by atoms with Crippen LogP contribution in [0.2, 0.25) is 6.82 Å². The predicted octanol–water partition coefficient (Wildman–Crippen LogP) is 2.75. The summed E-state index contributed by atoms with van der Waals surface area (Å²) in [5, 5.41) is 13.1. The van der Waals surface area contributed by atoms with Crippen LogP contribution in [0.1, 0.15) is 37.3 Å². The number of nitrogens with two attached hydrogens (primary N) is 1. The van der Waals surface area contributed by atoms with E-state index < -0.39 is 18.4 Å². The van der Waals surface area contributed by atoms with Crippen molar-refractivity contribution in [3.05, 3.63) is 59.4 Å². The first-order valence-electron chi connectivity index (χ1n) is 10.9. The van der Waals surface area contributed by atoms with Gasteiger partial charge in [0.05, 0.1) is 11.4 Å². The highest BCUT2D eigenvalue weighted by Gasteiger charge is 2.50. The van der Waals surface area contributed by atoms with Crippen LogP contribution < -0.4 is 15.9 Å². The van der Waals surface area contributed by atoms with Gasteiger partial charge in [-0.15, -0.1) is 0 Å². The summed E-state index contributed by atoms with van der Waals surface area (Å²) >= 11 is 0. The predicted molar refractivity (Wildman–Crippen MR) is 123 cm³/mol. The van der Waals surface area contributed by atoms with Gasteiger partial charge in [0.25, 0.3) is 0 Å². The fourth-order valence-corrected chi connectivity index (χ4v) is 5.14. The molecule has 0 bridgehead atoms. The maximum atomic E-state index is 14.7. The largest absolute Gasteiger partial charge is 0.432 e. The Morgan fingerprint density at radius 2 is 2.06 bits per heavy atom. The molecule has 2 heterocycles.